The van der Waals surface area contributed by atoms with Gasteiger partial charge in [0, 0.05) is 24.4 Å². The minimum Gasteiger partial charge on any atom is -0.381 e. The maximum absolute atomic E-state index is 12.2. The van der Waals surface area contributed by atoms with Crippen molar-refractivity contribution in [2.75, 3.05) is 18.5 Å². The fraction of sp³-hybridized carbons (Fsp3) is 0.500. The number of benzene rings is 1. The molecule has 1 saturated heterocycles. The van der Waals surface area contributed by atoms with Crippen LogP contribution in [-0.2, 0) is 4.74 Å². The lowest BCUT2D eigenvalue weighted by molar-refractivity contribution is 0.0343. The molecule has 5 nitrogen and oxygen atoms in total. The number of nitriles is 1. The molecule has 2 fully saturated rings. The molecule has 0 bridgehead atoms. The average Bonchev–Trinajstić information content (AvgIpc) is 3.34. The summed E-state index contributed by atoms with van der Waals surface area (Å²) >= 11 is 0. The zero-order chi connectivity index (χ0) is 14.7. The number of hydrogen-bond acceptors (Lipinski definition) is 3. The van der Waals surface area contributed by atoms with Crippen LogP contribution < -0.4 is 10.6 Å². The first-order valence-electron chi connectivity index (χ1n) is 7.39. The quantitative estimate of drug-likeness (QED) is 0.896. The smallest absolute Gasteiger partial charge is 0.319 e. The summed E-state index contributed by atoms with van der Waals surface area (Å²) in [7, 11) is 0. The van der Waals surface area contributed by atoms with Crippen LogP contribution in [0.15, 0.2) is 24.3 Å². The van der Waals surface area contributed by atoms with Crippen LogP contribution in [-0.4, -0.2) is 24.8 Å². The number of ether oxygens (including phenoxy) is 1. The first-order valence-corrected chi connectivity index (χ1v) is 7.39. The predicted octanol–water partition coefficient (Wildman–Crippen LogP) is 2.64. The van der Waals surface area contributed by atoms with Gasteiger partial charge in [0.05, 0.1) is 11.6 Å². The Morgan fingerprint density at radius 3 is 2.48 bits per heavy atom. The van der Waals surface area contributed by atoms with Gasteiger partial charge in [-0.1, -0.05) is 0 Å². The molecular formula is C16H19N3O2. The van der Waals surface area contributed by atoms with Crippen molar-refractivity contribution in [3.63, 3.8) is 0 Å². The molecule has 0 aromatic heterocycles. The molecule has 2 amide bonds. The van der Waals surface area contributed by atoms with Crippen molar-refractivity contribution in [3.05, 3.63) is 29.8 Å². The number of nitrogens with one attached hydrogen (secondary N) is 2. The first kappa shape index (κ1) is 13.9. The number of urea groups is 1. The van der Waals surface area contributed by atoms with Crippen molar-refractivity contribution >= 4 is 11.7 Å². The number of amides is 2. The van der Waals surface area contributed by atoms with E-state index < -0.39 is 0 Å². The molecule has 1 aromatic rings. The molecule has 21 heavy (non-hydrogen) atoms. The van der Waals surface area contributed by atoms with Gasteiger partial charge in [-0.15, -0.1) is 0 Å². The van der Waals surface area contributed by atoms with Crippen LogP contribution in [0.5, 0.6) is 0 Å². The van der Waals surface area contributed by atoms with Gasteiger partial charge >= 0.3 is 6.03 Å². The molecule has 1 heterocycles. The first-order chi connectivity index (χ1) is 10.2. The molecule has 2 N–H and O–H groups in total. The largest absolute Gasteiger partial charge is 0.381 e. The third kappa shape index (κ3) is 3.17. The Balaban J connectivity index is 1.63. The molecule has 0 radical (unpaired) electrons. The Bertz CT molecular complexity index is 552. The van der Waals surface area contributed by atoms with Crippen molar-refractivity contribution in [1.29, 1.82) is 5.26 Å². The van der Waals surface area contributed by atoms with Gasteiger partial charge < -0.3 is 15.4 Å². The third-order valence-corrected chi connectivity index (χ3v) is 4.38. The van der Waals surface area contributed by atoms with Gasteiger partial charge in [0.15, 0.2) is 0 Å². The summed E-state index contributed by atoms with van der Waals surface area (Å²) in [5, 5.41) is 14.8. The van der Waals surface area contributed by atoms with Gasteiger partial charge in [-0.25, -0.2) is 4.79 Å². The standard InChI is InChI=1S/C16H19N3O2/c17-11-12-1-5-14(6-2-12)18-15(20)19-16(13-3-4-13)7-9-21-10-8-16/h1-2,5-6,13H,3-4,7-10H2,(H2,18,19,20). The van der Waals surface area contributed by atoms with E-state index in [4.69, 9.17) is 10.00 Å². The molecule has 1 aliphatic heterocycles. The summed E-state index contributed by atoms with van der Waals surface area (Å²) in [6, 6.07) is 8.76. The van der Waals surface area contributed by atoms with E-state index in [2.05, 4.69) is 16.7 Å². The molecule has 0 spiro atoms. The Morgan fingerprint density at radius 1 is 1.24 bits per heavy atom. The zero-order valence-electron chi connectivity index (χ0n) is 11.9. The van der Waals surface area contributed by atoms with E-state index in [1.807, 2.05) is 0 Å². The van der Waals surface area contributed by atoms with Gasteiger partial charge in [0.2, 0.25) is 0 Å². The van der Waals surface area contributed by atoms with E-state index >= 15 is 0 Å². The zero-order valence-corrected chi connectivity index (χ0v) is 11.9. The summed E-state index contributed by atoms with van der Waals surface area (Å²) in [6.07, 6.45) is 4.16. The van der Waals surface area contributed by atoms with Gasteiger partial charge in [0.1, 0.15) is 0 Å². The van der Waals surface area contributed by atoms with Crippen LogP contribution in [0.2, 0.25) is 0 Å². The second-order valence-electron chi connectivity index (χ2n) is 5.81. The second kappa shape index (κ2) is 5.74. The number of anilines is 1. The van der Waals surface area contributed by atoms with Crippen LogP contribution >= 0.6 is 0 Å². The lowest BCUT2D eigenvalue weighted by Gasteiger charge is -2.38. The van der Waals surface area contributed by atoms with Crippen molar-refractivity contribution in [2.45, 2.75) is 31.2 Å². The normalized spacial score (nSPS) is 20.3. The highest BCUT2D eigenvalue weighted by atomic mass is 16.5. The van der Waals surface area contributed by atoms with E-state index in [1.165, 1.54) is 12.8 Å². The van der Waals surface area contributed by atoms with Crippen molar-refractivity contribution in [2.24, 2.45) is 5.92 Å². The fourth-order valence-electron chi connectivity index (χ4n) is 3.02. The van der Waals surface area contributed by atoms with Gasteiger partial charge in [-0.3, -0.25) is 0 Å². The Kier molecular flexibility index (Phi) is 3.80. The third-order valence-electron chi connectivity index (χ3n) is 4.38. The van der Waals surface area contributed by atoms with Gasteiger partial charge in [-0.05, 0) is 55.9 Å². The predicted molar refractivity (Wildman–Crippen MR) is 78.8 cm³/mol. The monoisotopic (exact) mass is 285 g/mol. The number of rotatable bonds is 3. The van der Waals surface area contributed by atoms with E-state index in [1.54, 1.807) is 24.3 Å². The van der Waals surface area contributed by atoms with Gasteiger partial charge in [-0.2, -0.15) is 5.26 Å². The molecule has 1 aromatic carbocycles. The molecule has 5 heteroatoms. The Hall–Kier alpha value is -2.06. The summed E-state index contributed by atoms with van der Waals surface area (Å²) in [5.41, 5.74) is 1.18. The minimum absolute atomic E-state index is 0.102. The topological polar surface area (TPSA) is 74.2 Å². The van der Waals surface area contributed by atoms with Crippen molar-refractivity contribution in [3.8, 4) is 6.07 Å². The number of carbonyl (C=O) groups excluding carboxylic acids is 1. The summed E-state index contributed by atoms with van der Waals surface area (Å²) < 4.78 is 5.43. The van der Waals surface area contributed by atoms with E-state index in [-0.39, 0.29) is 11.6 Å². The number of nitrogens with zero attached hydrogens (tertiary/aromatic N) is 1. The molecule has 1 saturated carbocycles. The highest BCUT2D eigenvalue weighted by Gasteiger charge is 2.46. The highest BCUT2D eigenvalue weighted by Crippen LogP contribution is 2.44. The molecule has 3 rings (SSSR count). The molecule has 0 unspecified atom stereocenters. The Morgan fingerprint density at radius 2 is 1.90 bits per heavy atom. The molecular weight excluding hydrogens is 266 g/mol. The summed E-state index contributed by atoms with van der Waals surface area (Å²) in [6.45, 7) is 1.43. The van der Waals surface area contributed by atoms with E-state index in [9.17, 15) is 4.79 Å². The summed E-state index contributed by atoms with van der Waals surface area (Å²) in [4.78, 5) is 12.2. The maximum Gasteiger partial charge on any atom is 0.319 e. The van der Waals surface area contributed by atoms with Crippen molar-refractivity contribution in [1.82, 2.24) is 5.32 Å². The molecule has 110 valence electrons. The van der Waals surface area contributed by atoms with Crippen LogP contribution in [0.4, 0.5) is 10.5 Å². The lowest BCUT2D eigenvalue weighted by Crippen LogP contribution is -2.54. The molecule has 2 aliphatic rings. The number of carbonyl (C=O) groups is 1. The molecule has 1 aliphatic carbocycles. The number of hydrogen-bond donors (Lipinski definition) is 2. The van der Waals surface area contributed by atoms with E-state index in [0.717, 1.165) is 12.8 Å². The van der Waals surface area contributed by atoms with Gasteiger partial charge in [0.25, 0.3) is 0 Å². The SMILES string of the molecule is N#Cc1ccc(NC(=O)NC2(C3CC3)CCOCC2)cc1. The minimum atomic E-state index is -0.173. The lowest BCUT2D eigenvalue weighted by atomic mass is 9.85. The second-order valence-corrected chi connectivity index (χ2v) is 5.81. The maximum atomic E-state index is 12.2. The van der Waals surface area contributed by atoms with Crippen LogP contribution in [0.25, 0.3) is 0 Å². The molecule has 0 atom stereocenters. The Labute approximate surface area is 124 Å². The van der Waals surface area contributed by atoms with Crippen LogP contribution in [0, 0.1) is 17.2 Å². The van der Waals surface area contributed by atoms with Crippen LogP contribution in [0.3, 0.4) is 0 Å². The van der Waals surface area contributed by atoms with E-state index in [0.29, 0.717) is 30.4 Å². The summed E-state index contributed by atoms with van der Waals surface area (Å²) in [5.74, 6) is 0.591. The highest BCUT2D eigenvalue weighted by molar-refractivity contribution is 5.89. The van der Waals surface area contributed by atoms with Crippen molar-refractivity contribution < 1.29 is 9.53 Å². The van der Waals surface area contributed by atoms with Crippen LogP contribution in [0.1, 0.15) is 31.2 Å². The average molecular weight is 285 g/mol. The fourth-order valence-corrected chi connectivity index (χ4v) is 3.02.